The fourth-order valence-corrected chi connectivity index (χ4v) is 6.09. The molecule has 0 aromatic rings. The van der Waals surface area contributed by atoms with Crippen LogP contribution in [0.5, 0.6) is 0 Å². The zero-order valence-corrected chi connectivity index (χ0v) is 34.0. The van der Waals surface area contributed by atoms with E-state index in [0.717, 1.165) is 57.8 Å². The van der Waals surface area contributed by atoms with E-state index in [1.54, 1.807) is 12.2 Å². The average molecular weight is 741 g/mol. The number of aliphatic hydroxyl groups excluding tert-OH is 2. The minimum Gasteiger partial charge on any atom is -0.756 e. The van der Waals surface area contributed by atoms with Gasteiger partial charge >= 0.3 is 0 Å². The van der Waals surface area contributed by atoms with Crippen molar-refractivity contribution in [1.82, 2.24) is 5.32 Å². The molecule has 0 saturated heterocycles. The van der Waals surface area contributed by atoms with Crippen molar-refractivity contribution in [2.75, 3.05) is 40.9 Å². The van der Waals surface area contributed by atoms with Crippen molar-refractivity contribution >= 4 is 13.7 Å². The summed E-state index contributed by atoms with van der Waals surface area (Å²) in [6, 6.07) is -0.912. The van der Waals surface area contributed by atoms with Crippen molar-refractivity contribution in [2.45, 2.75) is 167 Å². The van der Waals surface area contributed by atoms with Crippen molar-refractivity contribution in [3.63, 3.8) is 0 Å². The Morgan fingerprint density at radius 3 is 1.90 bits per heavy atom. The molecule has 0 aliphatic heterocycles. The molecule has 10 heteroatoms. The Kier molecular flexibility index (Phi) is 32.0. The number of amides is 1. The molecular weight excluding hydrogens is 663 g/mol. The highest BCUT2D eigenvalue weighted by Crippen LogP contribution is 2.38. The Morgan fingerprint density at radius 2 is 1.31 bits per heavy atom. The highest BCUT2D eigenvalue weighted by molar-refractivity contribution is 7.45. The minimum absolute atomic E-state index is 0.0165. The molecule has 51 heavy (non-hydrogen) atoms. The first-order chi connectivity index (χ1) is 24.4. The Labute approximate surface area is 312 Å². The monoisotopic (exact) mass is 741 g/mol. The van der Waals surface area contributed by atoms with E-state index < -0.39 is 32.7 Å². The largest absolute Gasteiger partial charge is 0.756 e. The van der Waals surface area contributed by atoms with E-state index in [-0.39, 0.29) is 12.5 Å². The Balaban J connectivity index is 4.59. The van der Waals surface area contributed by atoms with Gasteiger partial charge in [-0.15, -0.1) is 0 Å². The molecule has 0 heterocycles. The van der Waals surface area contributed by atoms with Gasteiger partial charge in [-0.3, -0.25) is 9.36 Å². The van der Waals surface area contributed by atoms with Gasteiger partial charge in [0.15, 0.2) is 0 Å². The normalized spacial score (nSPS) is 15.7. The standard InChI is InChI=1S/C41H77N2O7P/c1-6-8-10-11-12-13-14-15-16-19-22-25-29-33-40(45)39(37-50-51(47,48)49-36-35-43(3,4)5)42-41(46)34-30-26-23-20-17-18-21-24-28-32-38(44)31-27-9-7-2/h9,21,24,27-29,32-33,38-40,44-45H,6-8,10-20,22-23,25-26,30-31,34-37H2,1-5H3,(H-,42,46,47,48)/b24-21+,27-9+,32-28+,33-29+/t38?,39-,40+/m0/s1. The first kappa shape index (κ1) is 49.4. The van der Waals surface area contributed by atoms with Crippen molar-refractivity contribution in [1.29, 1.82) is 0 Å². The zero-order chi connectivity index (χ0) is 38.1. The second-order valence-corrected chi connectivity index (χ2v) is 16.2. The topological polar surface area (TPSA) is 128 Å². The van der Waals surface area contributed by atoms with Crippen LogP contribution in [0.1, 0.15) is 149 Å². The van der Waals surface area contributed by atoms with E-state index in [1.165, 1.54) is 57.8 Å². The lowest BCUT2D eigenvalue weighted by molar-refractivity contribution is -0.870. The Bertz CT molecular complexity index is 993. The number of hydrogen-bond acceptors (Lipinski definition) is 7. The maximum absolute atomic E-state index is 12.8. The molecule has 3 N–H and O–H groups in total. The number of unbranched alkanes of at least 4 members (excludes halogenated alkanes) is 16. The second-order valence-electron chi connectivity index (χ2n) is 14.8. The van der Waals surface area contributed by atoms with Gasteiger partial charge in [-0.05, 0) is 44.9 Å². The van der Waals surface area contributed by atoms with E-state index in [2.05, 4.69) is 31.3 Å². The molecular formula is C41H77N2O7P. The summed E-state index contributed by atoms with van der Waals surface area (Å²) >= 11 is 0. The first-order valence-electron chi connectivity index (χ1n) is 20.1. The third kappa shape index (κ3) is 35.2. The van der Waals surface area contributed by atoms with Crippen LogP contribution in [0.25, 0.3) is 0 Å². The van der Waals surface area contributed by atoms with Crippen LogP contribution in [0.2, 0.25) is 0 Å². The number of carbonyl (C=O) groups is 1. The van der Waals surface area contributed by atoms with Crippen LogP contribution in [0.4, 0.5) is 0 Å². The molecule has 9 nitrogen and oxygen atoms in total. The number of aliphatic hydroxyl groups is 2. The number of phosphoric acid groups is 1. The fraction of sp³-hybridized carbons (Fsp3) is 0.780. The molecule has 1 amide bonds. The highest BCUT2D eigenvalue weighted by Gasteiger charge is 2.23. The van der Waals surface area contributed by atoms with Gasteiger partial charge in [0.25, 0.3) is 7.82 Å². The van der Waals surface area contributed by atoms with Crippen molar-refractivity contribution < 1.29 is 38.0 Å². The van der Waals surface area contributed by atoms with Crippen LogP contribution >= 0.6 is 7.82 Å². The van der Waals surface area contributed by atoms with Gasteiger partial charge in [0.2, 0.25) is 5.91 Å². The smallest absolute Gasteiger partial charge is 0.268 e. The first-order valence-corrected chi connectivity index (χ1v) is 21.6. The molecule has 0 rings (SSSR count). The summed E-state index contributed by atoms with van der Waals surface area (Å²) in [5, 5.41) is 23.6. The SMILES string of the molecule is CC/C=C/CC(O)/C=C/C=C/CCCCCCCC(=O)N[C@@H](COP(=O)([O-])OCC[N+](C)(C)C)[C@H](O)/C=C/CCCCCCCCCCCCC. The number of nitrogens with zero attached hydrogens (tertiary/aromatic N) is 1. The summed E-state index contributed by atoms with van der Waals surface area (Å²) in [5.74, 6) is -0.241. The highest BCUT2D eigenvalue weighted by atomic mass is 31.2. The van der Waals surface area contributed by atoms with E-state index in [0.29, 0.717) is 30.3 Å². The summed E-state index contributed by atoms with van der Waals surface area (Å²) in [4.78, 5) is 25.2. The summed E-state index contributed by atoms with van der Waals surface area (Å²) < 4.78 is 23.1. The summed E-state index contributed by atoms with van der Waals surface area (Å²) in [5.41, 5.74) is 0. The van der Waals surface area contributed by atoms with E-state index in [4.69, 9.17) is 9.05 Å². The van der Waals surface area contributed by atoms with Crippen molar-refractivity contribution in [3.8, 4) is 0 Å². The van der Waals surface area contributed by atoms with Gasteiger partial charge in [0.1, 0.15) is 13.2 Å². The third-order valence-electron chi connectivity index (χ3n) is 8.62. The van der Waals surface area contributed by atoms with Gasteiger partial charge in [-0.25, -0.2) is 0 Å². The summed E-state index contributed by atoms with van der Waals surface area (Å²) in [6.07, 6.45) is 36.2. The van der Waals surface area contributed by atoms with Crippen molar-refractivity contribution in [2.24, 2.45) is 0 Å². The lowest BCUT2D eigenvalue weighted by Gasteiger charge is -2.29. The maximum Gasteiger partial charge on any atom is 0.268 e. The zero-order valence-electron chi connectivity index (χ0n) is 33.2. The number of hydrogen-bond donors (Lipinski definition) is 3. The second kappa shape index (κ2) is 33.0. The Hall–Kier alpha value is -1.58. The maximum atomic E-state index is 12.8. The van der Waals surface area contributed by atoms with Gasteiger partial charge in [0, 0.05) is 6.42 Å². The third-order valence-corrected chi connectivity index (χ3v) is 9.59. The Morgan fingerprint density at radius 1 is 0.745 bits per heavy atom. The molecule has 0 bridgehead atoms. The predicted molar refractivity (Wildman–Crippen MR) is 211 cm³/mol. The van der Waals surface area contributed by atoms with Crippen LogP contribution in [0, 0.1) is 0 Å². The van der Waals surface area contributed by atoms with Crippen molar-refractivity contribution in [3.05, 3.63) is 48.6 Å². The van der Waals surface area contributed by atoms with Crippen LogP contribution in [0.15, 0.2) is 48.6 Å². The lowest BCUT2D eigenvalue weighted by atomic mass is 10.0. The number of likely N-dealkylation sites (N-methyl/N-ethyl adjacent to an activating group) is 1. The van der Waals surface area contributed by atoms with E-state index in [9.17, 15) is 24.5 Å². The van der Waals surface area contributed by atoms with Crippen LogP contribution in [-0.4, -0.2) is 79.8 Å². The van der Waals surface area contributed by atoms with Crippen LogP contribution < -0.4 is 10.2 Å². The number of quaternary nitrogens is 1. The lowest BCUT2D eigenvalue weighted by Crippen LogP contribution is -2.45. The number of allylic oxidation sites excluding steroid dienone is 5. The molecule has 0 radical (unpaired) electrons. The summed E-state index contributed by atoms with van der Waals surface area (Å²) in [7, 11) is 1.20. The molecule has 0 aliphatic rings. The van der Waals surface area contributed by atoms with E-state index >= 15 is 0 Å². The quantitative estimate of drug-likeness (QED) is 0.0195. The van der Waals surface area contributed by atoms with Crippen LogP contribution in [0.3, 0.4) is 0 Å². The molecule has 0 fully saturated rings. The molecule has 0 saturated carbocycles. The molecule has 0 aromatic heterocycles. The molecule has 2 unspecified atom stereocenters. The number of rotatable bonds is 35. The van der Waals surface area contributed by atoms with Gasteiger partial charge in [-0.2, -0.15) is 0 Å². The van der Waals surface area contributed by atoms with E-state index in [1.807, 2.05) is 45.4 Å². The fourth-order valence-electron chi connectivity index (χ4n) is 5.36. The van der Waals surface area contributed by atoms with Crippen LogP contribution in [-0.2, 0) is 18.4 Å². The molecule has 4 atom stereocenters. The van der Waals surface area contributed by atoms with Gasteiger partial charge in [0.05, 0.1) is 46.0 Å². The molecule has 0 spiro atoms. The molecule has 0 aliphatic carbocycles. The summed E-state index contributed by atoms with van der Waals surface area (Å²) in [6.45, 7) is 4.38. The number of carbonyl (C=O) groups excluding carboxylic acids is 1. The van der Waals surface area contributed by atoms with Gasteiger partial charge in [-0.1, -0.05) is 146 Å². The number of phosphoric ester groups is 1. The number of nitrogens with one attached hydrogen (secondary N) is 1. The predicted octanol–water partition coefficient (Wildman–Crippen LogP) is 8.86. The minimum atomic E-state index is -4.60. The molecule has 298 valence electrons. The molecule has 0 aromatic carbocycles. The van der Waals surface area contributed by atoms with Gasteiger partial charge < -0.3 is 34.0 Å². The average Bonchev–Trinajstić information content (AvgIpc) is 3.06.